The fraction of sp³-hybridized carbons (Fsp3) is 0.381. The second kappa shape index (κ2) is 13.8. The lowest BCUT2D eigenvalue weighted by Crippen LogP contribution is -2.59. The highest BCUT2D eigenvalue weighted by atomic mass is 35.5. The first kappa shape index (κ1) is 26.6. The summed E-state index contributed by atoms with van der Waals surface area (Å²) >= 11 is 24.1. The van der Waals surface area contributed by atoms with Gasteiger partial charge in [0.1, 0.15) is 11.5 Å². The van der Waals surface area contributed by atoms with E-state index < -0.39 is 6.03 Å². The maximum Gasteiger partial charge on any atom is 0.358 e. The van der Waals surface area contributed by atoms with Crippen molar-refractivity contribution in [2.45, 2.75) is 0 Å². The van der Waals surface area contributed by atoms with E-state index in [0.717, 1.165) is 0 Å². The van der Waals surface area contributed by atoms with E-state index >= 15 is 0 Å². The van der Waals surface area contributed by atoms with E-state index in [2.05, 4.69) is 0 Å². The van der Waals surface area contributed by atoms with Crippen LogP contribution in [0.5, 0.6) is 11.5 Å². The molecule has 176 valence electrons. The fourth-order valence-corrected chi connectivity index (χ4v) is 3.86. The lowest BCUT2D eigenvalue weighted by atomic mass is 10.2. The normalized spacial score (nSPS) is 11.2. The Morgan fingerprint density at radius 1 is 0.594 bits per heavy atom. The number of hydrazine groups is 2. The number of aromatic hydroxyl groups is 2. The molecule has 0 aromatic heterocycles. The van der Waals surface area contributed by atoms with Gasteiger partial charge >= 0.3 is 6.03 Å². The SMILES string of the molecule is O=C(N(c1ccc(O)cc1)N(CCCl)CCCl)N(c1ccc(O)cc1)N(CCCl)CCCl. The van der Waals surface area contributed by atoms with Crippen LogP contribution in [0.4, 0.5) is 16.2 Å². The predicted molar refractivity (Wildman–Crippen MR) is 133 cm³/mol. The highest BCUT2D eigenvalue weighted by Gasteiger charge is 2.32. The summed E-state index contributed by atoms with van der Waals surface area (Å²) < 4.78 is 0. The number of benzene rings is 2. The number of carbonyl (C=O) groups is 1. The van der Waals surface area contributed by atoms with Gasteiger partial charge in [-0.25, -0.2) is 24.8 Å². The zero-order valence-electron chi connectivity index (χ0n) is 17.4. The predicted octanol–water partition coefficient (Wildman–Crippen LogP) is 4.92. The number of hydrogen-bond donors (Lipinski definition) is 2. The lowest BCUT2D eigenvalue weighted by molar-refractivity contribution is 0.198. The van der Waals surface area contributed by atoms with Crippen LogP contribution in [0.3, 0.4) is 0 Å². The van der Waals surface area contributed by atoms with Gasteiger partial charge in [-0.1, -0.05) is 0 Å². The molecule has 0 saturated carbocycles. The van der Waals surface area contributed by atoms with Gasteiger partial charge in [-0.05, 0) is 48.5 Å². The van der Waals surface area contributed by atoms with Crippen LogP contribution in [0.1, 0.15) is 0 Å². The molecule has 0 fully saturated rings. The minimum Gasteiger partial charge on any atom is -0.508 e. The van der Waals surface area contributed by atoms with Crippen LogP contribution in [0.2, 0.25) is 0 Å². The zero-order valence-corrected chi connectivity index (χ0v) is 20.4. The van der Waals surface area contributed by atoms with Gasteiger partial charge in [0.25, 0.3) is 0 Å². The Morgan fingerprint density at radius 2 is 0.875 bits per heavy atom. The van der Waals surface area contributed by atoms with Gasteiger partial charge in [-0.3, -0.25) is 0 Å². The molecule has 0 atom stereocenters. The van der Waals surface area contributed by atoms with E-state index in [1.807, 2.05) is 0 Å². The Hall–Kier alpha value is -1.61. The van der Waals surface area contributed by atoms with Crippen molar-refractivity contribution in [2.75, 3.05) is 59.7 Å². The van der Waals surface area contributed by atoms with E-state index in [9.17, 15) is 15.0 Å². The Balaban J connectivity index is 2.60. The van der Waals surface area contributed by atoms with Crippen LogP contribution in [0.15, 0.2) is 48.5 Å². The third-order valence-corrected chi connectivity index (χ3v) is 5.16. The monoisotopic (exact) mass is 522 g/mol. The number of phenols is 2. The molecule has 0 unspecified atom stereocenters. The molecule has 0 spiro atoms. The van der Waals surface area contributed by atoms with Gasteiger partial charge in [0.05, 0.1) is 11.4 Å². The number of alkyl halides is 4. The number of anilines is 2. The molecule has 32 heavy (non-hydrogen) atoms. The van der Waals surface area contributed by atoms with Crippen molar-refractivity contribution >= 4 is 63.8 Å². The Labute approximate surface area is 208 Å². The van der Waals surface area contributed by atoms with E-state index in [1.165, 1.54) is 34.3 Å². The summed E-state index contributed by atoms with van der Waals surface area (Å²) in [5.41, 5.74) is 1.03. The Kier molecular flexibility index (Phi) is 11.5. The van der Waals surface area contributed by atoms with Crippen LogP contribution >= 0.6 is 46.4 Å². The minimum atomic E-state index is -0.424. The summed E-state index contributed by atoms with van der Waals surface area (Å²) in [4.78, 5) is 14.1. The molecule has 0 bridgehead atoms. The molecule has 2 amide bonds. The van der Waals surface area contributed by atoms with Crippen molar-refractivity contribution in [2.24, 2.45) is 0 Å². The second-order valence-electron chi connectivity index (χ2n) is 6.60. The number of hydrogen-bond acceptors (Lipinski definition) is 5. The standard InChI is InChI=1S/C21H26Cl4N4O3/c22-9-13-26(14-10-23)28(17-1-5-19(30)6-2-17)21(32)29(27(15-11-24)16-12-25)18-3-7-20(31)8-4-18/h1-8,30-31H,9-16H2. The molecule has 0 aliphatic rings. The van der Waals surface area contributed by atoms with Crippen molar-refractivity contribution in [1.29, 1.82) is 0 Å². The lowest BCUT2D eigenvalue weighted by Gasteiger charge is -2.41. The summed E-state index contributed by atoms with van der Waals surface area (Å²) in [6.07, 6.45) is 0. The largest absolute Gasteiger partial charge is 0.508 e. The zero-order chi connectivity index (χ0) is 23.5. The van der Waals surface area contributed by atoms with Crippen molar-refractivity contribution in [3.63, 3.8) is 0 Å². The molecule has 2 aromatic rings. The highest BCUT2D eigenvalue weighted by molar-refractivity contribution is 6.19. The van der Waals surface area contributed by atoms with Crippen molar-refractivity contribution < 1.29 is 15.0 Å². The van der Waals surface area contributed by atoms with Gasteiger partial charge in [0.2, 0.25) is 0 Å². The molecule has 0 saturated heterocycles. The average molecular weight is 524 g/mol. The smallest absolute Gasteiger partial charge is 0.358 e. The van der Waals surface area contributed by atoms with Gasteiger partial charge in [0.15, 0.2) is 0 Å². The van der Waals surface area contributed by atoms with Crippen molar-refractivity contribution in [3.05, 3.63) is 48.5 Å². The van der Waals surface area contributed by atoms with Gasteiger partial charge in [-0.15, -0.1) is 46.4 Å². The molecule has 2 N–H and O–H groups in total. The van der Waals surface area contributed by atoms with Crippen LogP contribution in [-0.2, 0) is 0 Å². The third-order valence-electron chi connectivity index (χ3n) is 4.49. The number of phenolic OH excluding ortho intramolecular Hbond substituents is 2. The van der Waals surface area contributed by atoms with Crippen LogP contribution in [-0.4, -0.2) is 76.0 Å². The molecular weight excluding hydrogens is 498 g/mol. The van der Waals surface area contributed by atoms with E-state index in [1.54, 1.807) is 34.3 Å². The number of nitrogens with zero attached hydrogens (tertiary/aromatic N) is 4. The summed E-state index contributed by atoms with van der Waals surface area (Å²) in [5, 5.41) is 25.9. The van der Waals surface area contributed by atoms with Gasteiger partial charge in [-0.2, -0.15) is 0 Å². The summed E-state index contributed by atoms with van der Waals surface area (Å²) in [6, 6.07) is 12.1. The molecule has 0 aliphatic heterocycles. The number of halogens is 4. The molecule has 0 heterocycles. The number of rotatable bonds is 12. The molecule has 0 aliphatic carbocycles. The number of carbonyl (C=O) groups excluding carboxylic acids is 1. The molecule has 7 nitrogen and oxygen atoms in total. The van der Waals surface area contributed by atoms with E-state index in [0.29, 0.717) is 37.6 Å². The first-order valence-corrected chi connectivity index (χ1v) is 12.1. The Morgan fingerprint density at radius 3 is 1.12 bits per heavy atom. The third kappa shape index (κ3) is 7.20. The quantitative estimate of drug-likeness (QED) is 0.305. The molecule has 2 aromatic carbocycles. The van der Waals surface area contributed by atoms with Crippen LogP contribution < -0.4 is 10.0 Å². The maximum absolute atomic E-state index is 14.1. The Bertz CT molecular complexity index is 747. The number of urea groups is 1. The maximum atomic E-state index is 14.1. The summed E-state index contributed by atoms with van der Waals surface area (Å²) in [6.45, 7) is 1.43. The van der Waals surface area contributed by atoms with Gasteiger partial charge in [0, 0.05) is 49.7 Å². The number of amides is 2. The topological polar surface area (TPSA) is 70.5 Å². The van der Waals surface area contributed by atoms with Gasteiger partial charge < -0.3 is 10.2 Å². The van der Waals surface area contributed by atoms with E-state index in [4.69, 9.17) is 46.4 Å². The van der Waals surface area contributed by atoms with Crippen LogP contribution in [0.25, 0.3) is 0 Å². The minimum absolute atomic E-state index is 0.0729. The van der Waals surface area contributed by atoms with Crippen LogP contribution in [0, 0.1) is 0 Å². The summed E-state index contributed by atoms with van der Waals surface area (Å²) in [7, 11) is 0. The average Bonchev–Trinajstić information content (AvgIpc) is 2.77. The first-order valence-electron chi connectivity index (χ1n) is 9.92. The molecule has 11 heteroatoms. The fourth-order valence-electron chi connectivity index (χ4n) is 3.08. The second-order valence-corrected chi connectivity index (χ2v) is 8.11. The van der Waals surface area contributed by atoms with Crippen molar-refractivity contribution in [3.8, 4) is 11.5 Å². The molecule has 2 rings (SSSR count). The molecular formula is C21H26Cl4N4O3. The highest BCUT2D eigenvalue weighted by Crippen LogP contribution is 2.27. The first-order chi connectivity index (χ1) is 15.5. The summed E-state index contributed by atoms with van der Waals surface area (Å²) in [5.74, 6) is 1.22. The molecule has 0 radical (unpaired) electrons. The van der Waals surface area contributed by atoms with Crippen molar-refractivity contribution in [1.82, 2.24) is 10.0 Å². The van der Waals surface area contributed by atoms with E-state index in [-0.39, 0.29) is 35.0 Å².